The van der Waals surface area contributed by atoms with Crippen molar-refractivity contribution >= 4 is 0 Å². The number of methoxy groups -OCH3 is 1. The molecular weight excluding hydrogens is 306 g/mol. The van der Waals surface area contributed by atoms with Crippen LogP contribution in [-0.2, 0) is 16.6 Å². The van der Waals surface area contributed by atoms with Crippen LogP contribution in [-0.4, -0.2) is 55.8 Å². The number of ether oxygens (including phenoxy) is 3. The Balaban J connectivity index is 1.72. The fourth-order valence-electron chi connectivity index (χ4n) is 5.46. The molecule has 1 saturated heterocycles. The van der Waals surface area contributed by atoms with E-state index < -0.39 is 6.10 Å². The van der Waals surface area contributed by atoms with E-state index in [1.807, 2.05) is 12.1 Å². The van der Waals surface area contributed by atoms with Crippen molar-refractivity contribution in [1.29, 1.82) is 0 Å². The molecule has 1 N–H and O–H groups in total. The fourth-order valence-corrected chi connectivity index (χ4v) is 5.46. The number of rotatable bonds is 3. The van der Waals surface area contributed by atoms with Crippen molar-refractivity contribution in [3.05, 3.63) is 35.4 Å². The highest BCUT2D eigenvalue weighted by Gasteiger charge is 2.64. The van der Waals surface area contributed by atoms with Gasteiger partial charge in [0.2, 0.25) is 0 Å². The van der Waals surface area contributed by atoms with Gasteiger partial charge in [0.05, 0.1) is 0 Å². The maximum Gasteiger partial charge on any atom is 0.188 e. The van der Waals surface area contributed by atoms with Crippen LogP contribution in [0.5, 0.6) is 11.5 Å². The van der Waals surface area contributed by atoms with Crippen LogP contribution in [0.3, 0.4) is 0 Å². The van der Waals surface area contributed by atoms with E-state index in [0.717, 1.165) is 30.9 Å². The Morgan fingerprint density at radius 2 is 2.25 bits per heavy atom. The molecule has 0 radical (unpaired) electrons. The lowest BCUT2D eigenvalue weighted by Crippen LogP contribution is -2.64. The van der Waals surface area contributed by atoms with Gasteiger partial charge in [0, 0.05) is 30.0 Å². The van der Waals surface area contributed by atoms with Gasteiger partial charge in [-0.3, -0.25) is 0 Å². The van der Waals surface area contributed by atoms with Crippen LogP contribution in [0.15, 0.2) is 24.3 Å². The van der Waals surface area contributed by atoms with Crippen molar-refractivity contribution in [2.24, 2.45) is 5.92 Å². The van der Waals surface area contributed by atoms with E-state index in [0.29, 0.717) is 12.0 Å². The predicted molar refractivity (Wildman–Crippen MR) is 88.4 cm³/mol. The summed E-state index contributed by atoms with van der Waals surface area (Å²) >= 11 is 0. The molecule has 1 fully saturated rings. The van der Waals surface area contributed by atoms with Crippen molar-refractivity contribution in [3.63, 3.8) is 0 Å². The summed E-state index contributed by atoms with van der Waals surface area (Å²) in [7, 11) is 3.82. The molecule has 4 aliphatic rings. The van der Waals surface area contributed by atoms with Gasteiger partial charge in [-0.25, -0.2) is 0 Å². The number of aliphatic hydroxyl groups is 1. The second kappa shape index (κ2) is 4.97. The van der Waals surface area contributed by atoms with E-state index in [-0.39, 0.29) is 18.3 Å². The van der Waals surface area contributed by atoms with Crippen LogP contribution < -0.4 is 9.47 Å². The Hall–Kier alpha value is -1.56. The molecule has 2 unspecified atom stereocenters. The summed E-state index contributed by atoms with van der Waals surface area (Å²) in [6.45, 7) is 1.23. The van der Waals surface area contributed by atoms with Crippen LogP contribution >= 0.6 is 0 Å². The zero-order valence-electron chi connectivity index (χ0n) is 14.1. The average molecular weight is 329 g/mol. The van der Waals surface area contributed by atoms with Crippen molar-refractivity contribution < 1.29 is 19.3 Å². The number of likely N-dealkylation sites (N-methyl/N-ethyl adjacent to an activating group) is 1. The largest absolute Gasteiger partial charge is 0.482 e. The van der Waals surface area contributed by atoms with Crippen LogP contribution in [0, 0.1) is 5.92 Å². The number of hydrogen-bond acceptors (Lipinski definition) is 5. The Labute approximate surface area is 141 Å². The standard InChI is InChI=1S/C19H23NO4/c1-20-8-7-19-12-4-5-14(21)18(19)24-17-15(23-10-22-2)6-3-11(16(17)19)9-13(12)20/h3-6,12-14,18,21H,7-10H2,1-2H3/t12-,13+,14?,18?,19-/m0/s1. The summed E-state index contributed by atoms with van der Waals surface area (Å²) in [5.74, 6) is 1.93. The van der Waals surface area contributed by atoms with Gasteiger partial charge in [-0.2, -0.15) is 0 Å². The van der Waals surface area contributed by atoms with Gasteiger partial charge in [-0.15, -0.1) is 0 Å². The smallest absolute Gasteiger partial charge is 0.188 e. The highest BCUT2D eigenvalue weighted by Crippen LogP contribution is 2.62. The normalized spacial score (nSPS) is 38.6. The van der Waals surface area contributed by atoms with E-state index in [1.54, 1.807) is 7.11 Å². The topological polar surface area (TPSA) is 51.2 Å². The monoisotopic (exact) mass is 329 g/mol. The number of nitrogens with zero attached hydrogens (tertiary/aromatic N) is 1. The van der Waals surface area contributed by atoms with E-state index in [9.17, 15) is 5.11 Å². The predicted octanol–water partition coefficient (Wildman–Crippen LogP) is 1.48. The molecule has 5 rings (SSSR count). The Kier molecular flexibility index (Phi) is 3.06. The van der Waals surface area contributed by atoms with Gasteiger partial charge in [0.15, 0.2) is 18.3 Å². The number of piperidine rings is 1. The Morgan fingerprint density at radius 3 is 3.08 bits per heavy atom. The molecule has 0 saturated carbocycles. The minimum atomic E-state index is -0.570. The molecule has 2 aliphatic heterocycles. The second-order valence-electron chi connectivity index (χ2n) is 7.46. The van der Waals surface area contributed by atoms with Gasteiger partial charge >= 0.3 is 0 Å². The first-order valence-electron chi connectivity index (χ1n) is 8.68. The van der Waals surface area contributed by atoms with Crippen LogP contribution in [0.25, 0.3) is 0 Å². The summed E-state index contributed by atoms with van der Waals surface area (Å²) in [6, 6.07) is 4.62. The van der Waals surface area contributed by atoms with Crippen LogP contribution in [0.1, 0.15) is 17.5 Å². The summed E-state index contributed by atoms with van der Waals surface area (Å²) in [6.07, 6.45) is 5.39. The zero-order valence-corrected chi connectivity index (χ0v) is 14.1. The van der Waals surface area contributed by atoms with Gasteiger partial charge in [0.1, 0.15) is 12.2 Å². The molecule has 0 aromatic heterocycles. The molecule has 24 heavy (non-hydrogen) atoms. The lowest BCUT2D eigenvalue weighted by Gasteiger charge is -2.56. The van der Waals surface area contributed by atoms with Crippen molar-refractivity contribution in [2.45, 2.75) is 36.5 Å². The average Bonchev–Trinajstić information content (AvgIpc) is 2.94. The van der Waals surface area contributed by atoms with Crippen molar-refractivity contribution in [2.75, 3.05) is 27.5 Å². The third-order valence-electron chi connectivity index (χ3n) is 6.47. The van der Waals surface area contributed by atoms with E-state index >= 15 is 0 Å². The summed E-state index contributed by atoms with van der Waals surface area (Å²) in [4.78, 5) is 2.46. The second-order valence-corrected chi connectivity index (χ2v) is 7.46. The summed E-state index contributed by atoms with van der Waals surface area (Å²) in [5, 5.41) is 10.6. The summed E-state index contributed by atoms with van der Waals surface area (Å²) in [5.41, 5.74) is 2.49. The third-order valence-corrected chi connectivity index (χ3v) is 6.47. The molecule has 5 atom stereocenters. The van der Waals surface area contributed by atoms with E-state index in [4.69, 9.17) is 14.2 Å². The molecule has 5 nitrogen and oxygen atoms in total. The van der Waals surface area contributed by atoms with Gasteiger partial charge in [0.25, 0.3) is 0 Å². The molecule has 2 aliphatic carbocycles. The first kappa shape index (κ1) is 14.8. The van der Waals surface area contributed by atoms with Gasteiger partial charge in [-0.1, -0.05) is 18.2 Å². The maximum atomic E-state index is 10.6. The van der Waals surface area contributed by atoms with Crippen molar-refractivity contribution in [3.8, 4) is 11.5 Å². The fraction of sp³-hybridized carbons (Fsp3) is 0.579. The van der Waals surface area contributed by atoms with E-state index in [1.165, 1.54) is 11.1 Å². The molecule has 5 heteroatoms. The molecular formula is C19H23NO4. The first-order valence-corrected chi connectivity index (χ1v) is 8.68. The highest BCUT2D eigenvalue weighted by atomic mass is 16.7. The molecule has 1 spiro atoms. The highest BCUT2D eigenvalue weighted by molar-refractivity contribution is 5.62. The maximum absolute atomic E-state index is 10.6. The molecule has 2 heterocycles. The number of likely N-dealkylation sites (tertiary alicyclic amines) is 1. The minimum absolute atomic E-state index is 0.124. The van der Waals surface area contributed by atoms with E-state index in [2.05, 4.69) is 24.1 Å². The number of aliphatic hydroxyl groups excluding tert-OH is 1. The Bertz CT molecular complexity index is 718. The van der Waals surface area contributed by atoms with Crippen LogP contribution in [0.2, 0.25) is 0 Å². The van der Waals surface area contributed by atoms with Crippen LogP contribution in [0.4, 0.5) is 0 Å². The van der Waals surface area contributed by atoms with Gasteiger partial charge in [-0.05, 0) is 38.1 Å². The quantitative estimate of drug-likeness (QED) is 0.672. The lowest BCUT2D eigenvalue weighted by molar-refractivity contribution is -0.0458. The lowest BCUT2D eigenvalue weighted by atomic mass is 9.53. The number of hydrogen-bond donors (Lipinski definition) is 1. The first-order chi connectivity index (χ1) is 11.7. The molecule has 0 amide bonds. The molecule has 1 aromatic carbocycles. The SMILES string of the molecule is COCOc1ccc2c3c1OC1C(O)C=C[C@H]4[C@@H](C2)N(C)CC[C@]314. The molecule has 1 aromatic rings. The van der Waals surface area contributed by atoms with Gasteiger partial charge < -0.3 is 24.2 Å². The minimum Gasteiger partial charge on any atom is -0.482 e. The number of benzene rings is 1. The molecule has 128 valence electrons. The Morgan fingerprint density at radius 1 is 1.38 bits per heavy atom. The summed E-state index contributed by atoms with van der Waals surface area (Å²) < 4.78 is 17.2. The zero-order chi connectivity index (χ0) is 16.5. The third kappa shape index (κ3) is 1.65. The molecule has 2 bridgehead atoms. The van der Waals surface area contributed by atoms with Crippen molar-refractivity contribution in [1.82, 2.24) is 4.90 Å².